The smallest absolute Gasteiger partial charge is 0.302 e. The van der Waals surface area contributed by atoms with E-state index >= 15 is 0 Å². The number of carbonyl (C=O) groups excluding carboxylic acids is 2. The molecule has 35 heavy (non-hydrogen) atoms. The number of carbonyl (C=O) groups is 2. The Kier molecular flexibility index (Phi) is 5.61. The van der Waals surface area contributed by atoms with Crippen LogP contribution < -0.4 is 9.64 Å². The second-order valence-electron chi connectivity index (χ2n) is 8.85. The van der Waals surface area contributed by atoms with Crippen LogP contribution in [0.3, 0.4) is 0 Å². The summed E-state index contributed by atoms with van der Waals surface area (Å²) in [6.07, 6.45) is 0.00505. The van der Waals surface area contributed by atoms with Gasteiger partial charge in [-0.1, -0.05) is 36.4 Å². The maximum atomic E-state index is 13.3. The molecule has 2 N–H and O–H groups in total. The molecule has 1 unspecified atom stereocenters. The monoisotopic (exact) mass is 467 g/mol. The van der Waals surface area contributed by atoms with E-state index in [1.807, 2.05) is 69.3 Å². The molecule has 1 saturated heterocycles. The number of aryl methyl sites for hydroxylation is 1. The van der Waals surface area contributed by atoms with Crippen LogP contribution in [0.15, 0.2) is 78.4 Å². The van der Waals surface area contributed by atoms with Gasteiger partial charge in [-0.05, 0) is 68.3 Å². The molecule has 1 aliphatic rings. The number of aliphatic hydroxyl groups is 1. The number of hydrogen-bond acceptors (Lipinski definition) is 5. The molecule has 176 valence electrons. The second-order valence-corrected chi connectivity index (χ2v) is 8.85. The van der Waals surface area contributed by atoms with Crippen molar-refractivity contribution in [3.05, 3.63) is 95.1 Å². The number of fused-ring (bicyclic) bond motifs is 1. The number of nitrogens with zero attached hydrogens (tertiary/aromatic N) is 2. The van der Waals surface area contributed by atoms with Gasteiger partial charge in [0.2, 0.25) is 5.95 Å². The lowest BCUT2D eigenvalue weighted by Gasteiger charge is -2.23. The van der Waals surface area contributed by atoms with E-state index in [4.69, 9.17) is 4.74 Å². The molecule has 1 amide bonds. The van der Waals surface area contributed by atoms with E-state index in [0.717, 1.165) is 11.1 Å². The first-order valence-corrected chi connectivity index (χ1v) is 11.4. The maximum absolute atomic E-state index is 13.3. The predicted octanol–water partition coefficient (Wildman–Crippen LogP) is 5.28. The van der Waals surface area contributed by atoms with E-state index in [1.54, 1.807) is 24.3 Å². The van der Waals surface area contributed by atoms with Gasteiger partial charge < -0.3 is 14.8 Å². The van der Waals surface area contributed by atoms with Crippen molar-refractivity contribution >= 4 is 34.4 Å². The number of nitrogens with one attached hydrogen (secondary N) is 1. The van der Waals surface area contributed by atoms with Crippen LogP contribution in [0.25, 0.3) is 16.8 Å². The van der Waals surface area contributed by atoms with Gasteiger partial charge in [-0.2, -0.15) is 0 Å². The molecule has 1 fully saturated rings. The SMILES string of the molecule is Cc1ccc2nc(N3C(=O)C(=O)/C(=C(/O)c4ccc(OC(C)C)cc4)C3c3ccccc3)[nH]c2c1. The summed E-state index contributed by atoms with van der Waals surface area (Å²) >= 11 is 0. The fraction of sp³-hybridized carbons (Fsp3) is 0.179. The van der Waals surface area contributed by atoms with Crippen LogP contribution in [-0.4, -0.2) is 32.9 Å². The summed E-state index contributed by atoms with van der Waals surface area (Å²) in [5, 5.41) is 11.3. The molecule has 0 bridgehead atoms. The Balaban J connectivity index is 1.65. The van der Waals surface area contributed by atoms with Crippen LogP contribution in [0.5, 0.6) is 5.75 Å². The quantitative estimate of drug-likeness (QED) is 0.236. The zero-order chi connectivity index (χ0) is 24.7. The van der Waals surface area contributed by atoms with E-state index < -0.39 is 17.7 Å². The first kappa shape index (κ1) is 22.4. The number of aromatic amines is 1. The summed E-state index contributed by atoms with van der Waals surface area (Å²) in [4.78, 5) is 35.7. The molecule has 1 aliphatic heterocycles. The lowest BCUT2D eigenvalue weighted by atomic mass is 9.95. The Labute approximate surface area is 202 Å². The Bertz CT molecular complexity index is 1450. The van der Waals surface area contributed by atoms with Gasteiger partial charge in [-0.25, -0.2) is 4.98 Å². The van der Waals surface area contributed by atoms with Gasteiger partial charge in [0.15, 0.2) is 0 Å². The summed E-state index contributed by atoms with van der Waals surface area (Å²) in [5.41, 5.74) is 3.59. The molecule has 4 aromatic rings. The molecular formula is C28H25N3O4. The first-order valence-electron chi connectivity index (χ1n) is 11.4. The van der Waals surface area contributed by atoms with Crippen molar-refractivity contribution in [1.29, 1.82) is 0 Å². The van der Waals surface area contributed by atoms with Crippen molar-refractivity contribution in [2.24, 2.45) is 0 Å². The van der Waals surface area contributed by atoms with Crippen LogP contribution in [-0.2, 0) is 9.59 Å². The van der Waals surface area contributed by atoms with E-state index in [-0.39, 0.29) is 23.4 Å². The van der Waals surface area contributed by atoms with Crippen molar-refractivity contribution < 1.29 is 19.4 Å². The third-order valence-electron chi connectivity index (χ3n) is 5.91. The number of ketones is 1. The van der Waals surface area contributed by atoms with E-state index in [1.165, 1.54) is 4.90 Å². The third-order valence-corrected chi connectivity index (χ3v) is 5.91. The van der Waals surface area contributed by atoms with E-state index in [2.05, 4.69) is 9.97 Å². The average molecular weight is 468 g/mol. The van der Waals surface area contributed by atoms with Gasteiger partial charge >= 0.3 is 5.91 Å². The van der Waals surface area contributed by atoms with Gasteiger partial charge in [-0.15, -0.1) is 0 Å². The van der Waals surface area contributed by atoms with Crippen molar-refractivity contribution in [2.75, 3.05) is 4.90 Å². The second kappa shape index (κ2) is 8.76. The first-order chi connectivity index (χ1) is 16.8. The fourth-order valence-electron chi connectivity index (χ4n) is 4.34. The number of hydrogen-bond donors (Lipinski definition) is 2. The number of anilines is 1. The lowest BCUT2D eigenvalue weighted by molar-refractivity contribution is -0.132. The highest BCUT2D eigenvalue weighted by atomic mass is 16.5. The molecule has 0 saturated carbocycles. The molecule has 1 atom stereocenters. The number of ether oxygens (including phenoxy) is 1. The van der Waals surface area contributed by atoms with Crippen LogP contribution in [0, 0.1) is 6.92 Å². The minimum atomic E-state index is -0.843. The van der Waals surface area contributed by atoms with Gasteiger partial charge in [0.25, 0.3) is 5.78 Å². The molecule has 0 spiro atoms. The Morgan fingerprint density at radius 2 is 1.74 bits per heavy atom. The lowest BCUT2D eigenvalue weighted by Crippen LogP contribution is -2.30. The zero-order valence-electron chi connectivity index (χ0n) is 19.6. The number of H-pyrrole nitrogens is 1. The van der Waals surface area contributed by atoms with Crippen LogP contribution in [0.1, 0.15) is 36.6 Å². The summed E-state index contributed by atoms with van der Waals surface area (Å²) in [6.45, 7) is 5.82. The van der Waals surface area contributed by atoms with Gasteiger partial charge in [-0.3, -0.25) is 14.5 Å². The third kappa shape index (κ3) is 4.05. The van der Waals surface area contributed by atoms with Crippen LogP contribution in [0.2, 0.25) is 0 Å². The molecular weight excluding hydrogens is 442 g/mol. The molecule has 2 heterocycles. The normalized spacial score (nSPS) is 17.5. The molecule has 7 nitrogen and oxygen atoms in total. The highest BCUT2D eigenvalue weighted by Gasteiger charge is 2.48. The highest BCUT2D eigenvalue weighted by Crippen LogP contribution is 2.41. The van der Waals surface area contributed by atoms with Crippen molar-refractivity contribution in [3.63, 3.8) is 0 Å². The minimum absolute atomic E-state index is 0.00505. The zero-order valence-corrected chi connectivity index (χ0v) is 19.6. The van der Waals surface area contributed by atoms with Crippen LogP contribution in [0.4, 0.5) is 5.95 Å². The minimum Gasteiger partial charge on any atom is -0.507 e. The predicted molar refractivity (Wildman–Crippen MR) is 134 cm³/mol. The number of Topliss-reactive ketones (excluding diaryl/α,β-unsaturated/α-hetero) is 1. The highest BCUT2D eigenvalue weighted by molar-refractivity contribution is 6.51. The summed E-state index contributed by atoms with van der Waals surface area (Å²) in [6, 6.07) is 20.8. The molecule has 3 aromatic carbocycles. The van der Waals surface area contributed by atoms with E-state index in [0.29, 0.717) is 22.4 Å². The standard InChI is InChI=1S/C28H25N3O4/c1-16(2)35-20-12-10-19(11-13-20)25(32)23-24(18-7-5-4-6-8-18)31(27(34)26(23)33)28-29-21-14-9-17(3)15-22(21)30-28/h4-16,24,32H,1-3H3,(H,29,30)/b25-23+. The molecule has 0 radical (unpaired) electrons. The topological polar surface area (TPSA) is 95.5 Å². The number of benzene rings is 3. The average Bonchev–Trinajstić information content (AvgIpc) is 3.37. The van der Waals surface area contributed by atoms with Gasteiger partial charge in [0.05, 0.1) is 28.8 Å². The number of imidazole rings is 1. The van der Waals surface area contributed by atoms with Gasteiger partial charge in [0.1, 0.15) is 11.5 Å². The summed E-state index contributed by atoms with van der Waals surface area (Å²) in [7, 11) is 0. The van der Waals surface area contributed by atoms with Crippen molar-refractivity contribution in [3.8, 4) is 5.75 Å². The number of aliphatic hydroxyl groups excluding tert-OH is 1. The summed E-state index contributed by atoms with van der Waals surface area (Å²) < 4.78 is 5.68. The Morgan fingerprint density at radius 3 is 2.43 bits per heavy atom. The van der Waals surface area contributed by atoms with Crippen LogP contribution >= 0.6 is 0 Å². The molecule has 0 aliphatic carbocycles. The number of amides is 1. The Hall–Kier alpha value is -4.39. The maximum Gasteiger partial charge on any atom is 0.302 e. The van der Waals surface area contributed by atoms with Crippen molar-refractivity contribution in [1.82, 2.24) is 9.97 Å². The van der Waals surface area contributed by atoms with E-state index in [9.17, 15) is 14.7 Å². The molecule has 7 heteroatoms. The van der Waals surface area contributed by atoms with Gasteiger partial charge in [0, 0.05) is 5.56 Å². The number of aromatic nitrogens is 2. The van der Waals surface area contributed by atoms with Crippen molar-refractivity contribution in [2.45, 2.75) is 32.9 Å². The Morgan fingerprint density at radius 1 is 1.03 bits per heavy atom. The molecule has 5 rings (SSSR count). The fourth-order valence-corrected chi connectivity index (χ4v) is 4.34. The summed E-state index contributed by atoms with van der Waals surface area (Å²) in [5.74, 6) is -0.871. The molecule has 1 aromatic heterocycles. The largest absolute Gasteiger partial charge is 0.507 e. The number of rotatable bonds is 5.